The maximum absolute atomic E-state index is 12.4. The third-order valence-electron chi connectivity index (χ3n) is 4.92. The second-order valence-electron chi connectivity index (χ2n) is 6.62. The lowest BCUT2D eigenvalue weighted by molar-refractivity contribution is -0.129. The number of aryl methyl sites for hydroxylation is 2. The number of hydrogen-bond acceptors (Lipinski definition) is 4. The van der Waals surface area contributed by atoms with E-state index in [-0.39, 0.29) is 5.91 Å². The number of aromatic nitrogens is 3. The van der Waals surface area contributed by atoms with Crippen molar-refractivity contribution in [2.75, 3.05) is 12.8 Å². The summed E-state index contributed by atoms with van der Waals surface area (Å²) < 4.78 is 1.94. The molecule has 1 aliphatic rings. The molecule has 1 atom stereocenters. The van der Waals surface area contributed by atoms with Gasteiger partial charge in [0.25, 0.3) is 0 Å². The molecule has 2 aromatic rings. The van der Waals surface area contributed by atoms with Gasteiger partial charge < -0.3 is 4.90 Å². The first-order chi connectivity index (χ1) is 11.5. The molecule has 1 amide bonds. The van der Waals surface area contributed by atoms with Crippen LogP contribution in [0.25, 0.3) is 5.69 Å². The van der Waals surface area contributed by atoms with Gasteiger partial charge in [-0.15, -0.1) is 10.2 Å². The number of carbonyl (C=O) groups excluding carboxylic acids is 1. The summed E-state index contributed by atoms with van der Waals surface area (Å²) in [5.41, 5.74) is 3.51. The molecule has 128 valence electrons. The second-order valence-corrected chi connectivity index (χ2v) is 7.57. The van der Waals surface area contributed by atoms with Gasteiger partial charge >= 0.3 is 0 Å². The van der Waals surface area contributed by atoms with E-state index in [0.717, 1.165) is 10.8 Å². The van der Waals surface area contributed by atoms with Gasteiger partial charge in [-0.05, 0) is 62.8 Å². The van der Waals surface area contributed by atoms with E-state index >= 15 is 0 Å². The third-order valence-corrected chi connectivity index (χ3v) is 5.85. The summed E-state index contributed by atoms with van der Waals surface area (Å²) in [6.45, 7) is 6.32. The average Bonchev–Trinajstić information content (AvgIpc) is 3.32. The lowest BCUT2D eigenvalue weighted by Crippen LogP contribution is -2.37. The summed E-state index contributed by atoms with van der Waals surface area (Å²) in [5, 5.41) is 8.94. The minimum absolute atomic E-state index is 0.147. The summed E-state index contributed by atoms with van der Waals surface area (Å²) in [6.07, 6.45) is 4.19. The number of amides is 1. The van der Waals surface area contributed by atoms with Crippen LogP contribution >= 0.6 is 11.8 Å². The summed E-state index contributed by atoms with van der Waals surface area (Å²) in [6, 6.07) is 6.59. The molecule has 0 aliphatic heterocycles. The van der Waals surface area contributed by atoms with Crippen LogP contribution in [0.3, 0.4) is 0 Å². The van der Waals surface area contributed by atoms with Crippen molar-refractivity contribution in [1.82, 2.24) is 19.7 Å². The molecular weight excluding hydrogens is 320 g/mol. The van der Waals surface area contributed by atoms with Crippen molar-refractivity contribution in [1.29, 1.82) is 0 Å². The van der Waals surface area contributed by atoms with Gasteiger partial charge in [0.05, 0.1) is 5.75 Å². The molecule has 6 heteroatoms. The van der Waals surface area contributed by atoms with Gasteiger partial charge in [0.2, 0.25) is 5.91 Å². The number of rotatable bonds is 6. The Balaban J connectivity index is 1.67. The van der Waals surface area contributed by atoms with E-state index in [2.05, 4.69) is 49.2 Å². The minimum Gasteiger partial charge on any atom is -0.342 e. The number of nitrogens with zero attached hydrogens (tertiary/aromatic N) is 4. The van der Waals surface area contributed by atoms with Gasteiger partial charge in [-0.1, -0.05) is 17.8 Å². The second kappa shape index (κ2) is 6.97. The maximum Gasteiger partial charge on any atom is 0.233 e. The van der Waals surface area contributed by atoms with Crippen molar-refractivity contribution in [3.05, 3.63) is 35.7 Å². The number of hydrogen-bond donors (Lipinski definition) is 0. The fourth-order valence-corrected chi connectivity index (χ4v) is 3.58. The molecule has 1 fully saturated rings. The first-order valence-corrected chi connectivity index (χ1v) is 9.32. The van der Waals surface area contributed by atoms with Gasteiger partial charge in [0.1, 0.15) is 6.33 Å². The van der Waals surface area contributed by atoms with E-state index in [1.807, 2.05) is 16.5 Å². The molecule has 0 spiro atoms. The van der Waals surface area contributed by atoms with Crippen LogP contribution in [0.2, 0.25) is 0 Å². The Morgan fingerprint density at radius 2 is 2.12 bits per heavy atom. The Morgan fingerprint density at radius 1 is 1.38 bits per heavy atom. The number of carbonyl (C=O) groups is 1. The van der Waals surface area contributed by atoms with Crippen LogP contribution in [0.4, 0.5) is 0 Å². The topological polar surface area (TPSA) is 51.0 Å². The molecular formula is C18H24N4OS. The molecule has 1 aromatic carbocycles. The number of benzene rings is 1. The van der Waals surface area contributed by atoms with Crippen molar-refractivity contribution in [3.63, 3.8) is 0 Å². The quantitative estimate of drug-likeness (QED) is 0.755. The van der Waals surface area contributed by atoms with E-state index < -0.39 is 0 Å². The molecule has 0 N–H and O–H groups in total. The summed E-state index contributed by atoms with van der Waals surface area (Å²) in [7, 11) is 1.90. The lowest BCUT2D eigenvalue weighted by Gasteiger charge is -2.24. The normalized spacial score (nSPS) is 15.3. The van der Waals surface area contributed by atoms with Crippen LogP contribution in [-0.2, 0) is 4.79 Å². The van der Waals surface area contributed by atoms with E-state index in [9.17, 15) is 4.79 Å². The molecule has 1 saturated carbocycles. The highest BCUT2D eigenvalue weighted by Gasteiger charge is 2.32. The highest BCUT2D eigenvalue weighted by atomic mass is 32.2. The van der Waals surface area contributed by atoms with Crippen molar-refractivity contribution < 1.29 is 4.79 Å². The van der Waals surface area contributed by atoms with E-state index in [1.54, 1.807) is 6.33 Å². The summed E-state index contributed by atoms with van der Waals surface area (Å²) in [5.74, 6) is 1.22. The van der Waals surface area contributed by atoms with Crippen LogP contribution in [0.1, 0.15) is 30.9 Å². The third kappa shape index (κ3) is 3.64. The Kier molecular flexibility index (Phi) is 4.94. The Morgan fingerprint density at radius 3 is 2.79 bits per heavy atom. The zero-order valence-electron chi connectivity index (χ0n) is 14.7. The molecule has 24 heavy (non-hydrogen) atoms. The summed E-state index contributed by atoms with van der Waals surface area (Å²) >= 11 is 1.44. The van der Waals surface area contributed by atoms with Crippen LogP contribution in [0.5, 0.6) is 0 Å². The van der Waals surface area contributed by atoms with Crippen LogP contribution in [0.15, 0.2) is 29.7 Å². The highest BCUT2D eigenvalue weighted by molar-refractivity contribution is 7.99. The summed E-state index contributed by atoms with van der Waals surface area (Å²) in [4.78, 5) is 14.3. The lowest BCUT2D eigenvalue weighted by atomic mass is 10.1. The van der Waals surface area contributed by atoms with E-state index in [0.29, 0.717) is 17.7 Å². The maximum atomic E-state index is 12.4. The van der Waals surface area contributed by atoms with Crippen molar-refractivity contribution in [3.8, 4) is 5.69 Å². The Labute approximate surface area is 147 Å². The predicted octanol–water partition coefficient (Wildman–Crippen LogP) is 3.23. The zero-order chi connectivity index (χ0) is 17.3. The van der Waals surface area contributed by atoms with Gasteiger partial charge in [-0.25, -0.2) is 0 Å². The predicted molar refractivity (Wildman–Crippen MR) is 96.5 cm³/mol. The molecule has 1 aliphatic carbocycles. The average molecular weight is 344 g/mol. The van der Waals surface area contributed by atoms with Gasteiger partial charge in [0.15, 0.2) is 5.16 Å². The smallest absolute Gasteiger partial charge is 0.233 e. The van der Waals surface area contributed by atoms with E-state index in [4.69, 9.17) is 0 Å². The molecule has 0 bridgehead atoms. The van der Waals surface area contributed by atoms with Crippen molar-refractivity contribution in [2.45, 2.75) is 44.8 Å². The fourth-order valence-electron chi connectivity index (χ4n) is 2.73. The van der Waals surface area contributed by atoms with Crippen LogP contribution < -0.4 is 0 Å². The van der Waals surface area contributed by atoms with E-state index in [1.165, 1.54) is 35.7 Å². The van der Waals surface area contributed by atoms with Crippen LogP contribution in [0, 0.1) is 19.8 Å². The molecule has 0 saturated heterocycles. The molecule has 5 nitrogen and oxygen atoms in total. The van der Waals surface area contributed by atoms with Gasteiger partial charge in [-0.2, -0.15) is 0 Å². The first-order valence-electron chi connectivity index (χ1n) is 8.33. The zero-order valence-corrected chi connectivity index (χ0v) is 15.5. The Bertz CT molecular complexity index is 738. The largest absolute Gasteiger partial charge is 0.342 e. The Hall–Kier alpha value is -1.82. The number of thioether (sulfide) groups is 1. The fraction of sp³-hybridized carbons (Fsp3) is 0.500. The molecule has 3 rings (SSSR count). The first kappa shape index (κ1) is 17.0. The standard InChI is InChI=1S/C18H24N4OS/c1-12-5-8-16(9-13(12)2)22-11-19-20-18(22)24-10-17(23)21(4)14(3)15-6-7-15/h5,8-9,11,14-15H,6-7,10H2,1-4H3. The molecule has 1 unspecified atom stereocenters. The molecule has 1 aromatic heterocycles. The van der Waals surface area contributed by atoms with Gasteiger partial charge in [-0.3, -0.25) is 9.36 Å². The highest BCUT2D eigenvalue weighted by Crippen LogP contribution is 2.35. The molecule has 1 heterocycles. The van der Waals surface area contributed by atoms with Crippen molar-refractivity contribution in [2.24, 2.45) is 5.92 Å². The van der Waals surface area contributed by atoms with Gasteiger partial charge in [0, 0.05) is 18.8 Å². The minimum atomic E-state index is 0.147. The molecule has 0 radical (unpaired) electrons. The van der Waals surface area contributed by atoms with Crippen LogP contribution in [-0.4, -0.2) is 44.4 Å². The SMILES string of the molecule is Cc1ccc(-n2cnnc2SCC(=O)N(C)C(C)C2CC2)cc1C. The van der Waals surface area contributed by atoms with Crippen molar-refractivity contribution >= 4 is 17.7 Å². The monoisotopic (exact) mass is 344 g/mol.